The zero-order chi connectivity index (χ0) is 14.7. The second-order valence-corrected chi connectivity index (χ2v) is 5.66. The van der Waals surface area contributed by atoms with Crippen LogP contribution in [0.5, 0.6) is 5.75 Å². The number of rotatable bonds is 5. The molecular weight excluding hydrogens is 252 g/mol. The predicted molar refractivity (Wildman–Crippen MR) is 80.8 cm³/mol. The van der Waals surface area contributed by atoms with Gasteiger partial charge in [-0.05, 0) is 36.1 Å². The SMILES string of the molecule is CC(C)CC(=O)NCCc1cn(C)c2ccc(O)cc12. The lowest BCUT2D eigenvalue weighted by molar-refractivity contribution is -0.121. The second-order valence-electron chi connectivity index (χ2n) is 5.66. The first kappa shape index (κ1) is 14.4. The molecule has 0 fully saturated rings. The van der Waals surface area contributed by atoms with E-state index >= 15 is 0 Å². The number of carbonyl (C=O) groups is 1. The highest BCUT2D eigenvalue weighted by Crippen LogP contribution is 2.24. The summed E-state index contributed by atoms with van der Waals surface area (Å²) in [7, 11) is 1.99. The summed E-state index contributed by atoms with van der Waals surface area (Å²) in [5.74, 6) is 0.751. The highest BCUT2D eigenvalue weighted by molar-refractivity contribution is 5.85. The smallest absolute Gasteiger partial charge is 0.220 e. The molecule has 0 spiro atoms. The van der Waals surface area contributed by atoms with E-state index in [1.807, 2.05) is 31.5 Å². The topological polar surface area (TPSA) is 54.3 Å². The van der Waals surface area contributed by atoms with Crippen molar-refractivity contribution < 1.29 is 9.90 Å². The summed E-state index contributed by atoms with van der Waals surface area (Å²) in [6.45, 7) is 4.69. The molecule has 0 saturated carbocycles. The highest BCUT2D eigenvalue weighted by atomic mass is 16.3. The maximum absolute atomic E-state index is 11.6. The fourth-order valence-electron chi connectivity index (χ4n) is 2.44. The van der Waals surface area contributed by atoms with Gasteiger partial charge in [-0.25, -0.2) is 0 Å². The van der Waals surface area contributed by atoms with Crippen LogP contribution in [-0.4, -0.2) is 22.1 Å². The van der Waals surface area contributed by atoms with Gasteiger partial charge in [0.15, 0.2) is 0 Å². The summed E-state index contributed by atoms with van der Waals surface area (Å²) >= 11 is 0. The Morgan fingerprint density at radius 2 is 2.15 bits per heavy atom. The number of carbonyl (C=O) groups excluding carboxylic acids is 1. The van der Waals surface area contributed by atoms with Crippen molar-refractivity contribution in [1.29, 1.82) is 0 Å². The molecule has 2 rings (SSSR count). The van der Waals surface area contributed by atoms with E-state index in [0.29, 0.717) is 18.9 Å². The molecule has 0 aliphatic heterocycles. The van der Waals surface area contributed by atoms with E-state index in [4.69, 9.17) is 0 Å². The lowest BCUT2D eigenvalue weighted by Gasteiger charge is -2.06. The van der Waals surface area contributed by atoms with Gasteiger partial charge in [-0.2, -0.15) is 0 Å². The van der Waals surface area contributed by atoms with Crippen molar-refractivity contribution in [3.63, 3.8) is 0 Å². The molecule has 4 nitrogen and oxygen atoms in total. The molecule has 0 aliphatic rings. The zero-order valence-electron chi connectivity index (χ0n) is 12.3. The van der Waals surface area contributed by atoms with Gasteiger partial charge < -0.3 is 15.0 Å². The van der Waals surface area contributed by atoms with E-state index in [1.165, 1.54) is 0 Å². The van der Waals surface area contributed by atoms with Crippen LogP contribution < -0.4 is 5.32 Å². The van der Waals surface area contributed by atoms with E-state index in [0.717, 1.165) is 22.9 Å². The van der Waals surface area contributed by atoms with Gasteiger partial charge in [0.2, 0.25) is 5.91 Å². The first-order chi connectivity index (χ1) is 9.47. The number of nitrogens with one attached hydrogen (secondary N) is 1. The highest BCUT2D eigenvalue weighted by Gasteiger charge is 2.08. The van der Waals surface area contributed by atoms with Crippen molar-refractivity contribution in [2.75, 3.05) is 6.54 Å². The molecular formula is C16H22N2O2. The van der Waals surface area contributed by atoms with Gasteiger partial charge in [-0.15, -0.1) is 0 Å². The summed E-state index contributed by atoms with van der Waals surface area (Å²) in [5, 5.41) is 13.6. The number of aromatic hydroxyl groups is 1. The Labute approximate surface area is 119 Å². The maximum atomic E-state index is 11.6. The minimum absolute atomic E-state index is 0.100. The molecule has 0 atom stereocenters. The molecule has 0 unspecified atom stereocenters. The molecule has 0 radical (unpaired) electrons. The van der Waals surface area contributed by atoms with Crippen molar-refractivity contribution in [3.05, 3.63) is 30.0 Å². The fraction of sp³-hybridized carbons (Fsp3) is 0.438. The van der Waals surface area contributed by atoms with Gasteiger partial charge in [-0.3, -0.25) is 4.79 Å². The number of amides is 1. The summed E-state index contributed by atoms with van der Waals surface area (Å²) in [5.41, 5.74) is 2.23. The van der Waals surface area contributed by atoms with Crippen LogP contribution in [0.25, 0.3) is 10.9 Å². The number of aryl methyl sites for hydroxylation is 1. The molecule has 0 bridgehead atoms. The van der Waals surface area contributed by atoms with Crippen LogP contribution >= 0.6 is 0 Å². The van der Waals surface area contributed by atoms with Crippen molar-refractivity contribution in [2.45, 2.75) is 26.7 Å². The number of phenols is 1. The second kappa shape index (κ2) is 5.99. The van der Waals surface area contributed by atoms with Crippen LogP contribution in [0.3, 0.4) is 0 Å². The quantitative estimate of drug-likeness (QED) is 0.880. The van der Waals surface area contributed by atoms with Crippen LogP contribution in [0, 0.1) is 5.92 Å². The van der Waals surface area contributed by atoms with Gasteiger partial charge in [-0.1, -0.05) is 13.8 Å². The predicted octanol–water partition coefficient (Wildman–Crippen LogP) is 2.59. The Bertz CT molecular complexity index is 614. The maximum Gasteiger partial charge on any atom is 0.220 e. The number of phenolic OH excluding ortho intramolecular Hbond substituents is 1. The molecule has 4 heteroatoms. The minimum Gasteiger partial charge on any atom is -0.508 e. The number of hydrogen-bond donors (Lipinski definition) is 2. The third-order valence-corrected chi connectivity index (χ3v) is 3.37. The third-order valence-electron chi connectivity index (χ3n) is 3.37. The Hall–Kier alpha value is -1.97. The molecule has 2 aromatic rings. The lowest BCUT2D eigenvalue weighted by atomic mass is 10.1. The van der Waals surface area contributed by atoms with Gasteiger partial charge >= 0.3 is 0 Å². The molecule has 2 N–H and O–H groups in total. The molecule has 0 saturated heterocycles. The fourth-order valence-corrected chi connectivity index (χ4v) is 2.44. The average molecular weight is 274 g/mol. The van der Waals surface area contributed by atoms with Crippen LogP contribution in [0.4, 0.5) is 0 Å². The number of benzene rings is 1. The monoisotopic (exact) mass is 274 g/mol. The number of aromatic nitrogens is 1. The Morgan fingerprint density at radius 1 is 1.40 bits per heavy atom. The molecule has 1 aromatic heterocycles. The number of nitrogens with zero attached hydrogens (tertiary/aromatic N) is 1. The van der Waals surface area contributed by atoms with E-state index < -0.39 is 0 Å². The van der Waals surface area contributed by atoms with E-state index in [2.05, 4.69) is 11.5 Å². The number of fused-ring (bicyclic) bond motifs is 1. The summed E-state index contributed by atoms with van der Waals surface area (Å²) in [6.07, 6.45) is 3.39. The molecule has 20 heavy (non-hydrogen) atoms. The van der Waals surface area contributed by atoms with Gasteiger partial charge in [0, 0.05) is 37.1 Å². The molecule has 1 aromatic carbocycles. The normalized spacial score (nSPS) is 11.2. The van der Waals surface area contributed by atoms with Crippen LogP contribution in [0.2, 0.25) is 0 Å². The van der Waals surface area contributed by atoms with Crippen molar-refractivity contribution >= 4 is 16.8 Å². The van der Waals surface area contributed by atoms with E-state index in [-0.39, 0.29) is 11.7 Å². The van der Waals surface area contributed by atoms with Crippen LogP contribution in [0.15, 0.2) is 24.4 Å². The zero-order valence-corrected chi connectivity index (χ0v) is 12.3. The van der Waals surface area contributed by atoms with Gasteiger partial charge in [0.25, 0.3) is 0 Å². The summed E-state index contributed by atoms with van der Waals surface area (Å²) in [4.78, 5) is 11.6. The van der Waals surface area contributed by atoms with Crippen molar-refractivity contribution in [2.24, 2.45) is 13.0 Å². The Kier molecular flexibility index (Phi) is 4.32. The minimum atomic E-state index is 0.100. The van der Waals surface area contributed by atoms with Crippen molar-refractivity contribution in [3.8, 4) is 5.75 Å². The first-order valence-electron chi connectivity index (χ1n) is 7.01. The van der Waals surface area contributed by atoms with E-state index in [9.17, 15) is 9.90 Å². The summed E-state index contributed by atoms with van der Waals surface area (Å²) < 4.78 is 2.04. The van der Waals surface area contributed by atoms with E-state index in [1.54, 1.807) is 12.1 Å². The molecule has 0 aliphatic carbocycles. The van der Waals surface area contributed by atoms with Crippen LogP contribution in [0.1, 0.15) is 25.8 Å². The largest absolute Gasteiger partial charge is 0.508 e. The molecule has 108 valence electrons. The average Bonchev–Trinajstić information content (AvgIpc) is 2.65. The Morgan fingerprint density at radius 3 is 2.85 bits per heavy atom. The van der Waals surface area contributed by atoms with Crippen molar-refractivity contribution in [1.82, 2.24) is 9.88 Å². The standard InChI is InChI=1S/C16H22N2O2/c1-11(2)8-16(20)17-7-6-12-10-18(3)15-5-4-13(19)9-14(12)15/h4-5,9-11,19H,6-8H2,1-3H3,(H,17,20). The first-order valence-corrected chi connectivity index (χ1v) is 7.01. The molecule has 1 amide bonds. The summed E-state index contributed by atoms with van der Waals surface area (Å²) in [6, 6.07) is 5.38. The van der Waals surface area contributed by atoms with Crippen LogP contribution in [-0.2, 0) is 18.3 Å². The van der Waals surface area contributed by atoms with Gasteiger partial charge in [0.1, 0.15) is 5.75 Å². The number of hydrogen-bond acceptors (Lipinski definition) is 2. The lowest BCUT2D eigenvalue weighted by Crippen LogP contribution is -2.26. The molecule has 1 heterocycles. The Balaban J connectivity index is 2.03. The van der Waals surface area contributed by atoms with Gasteiger partial charge in [0.05, 0.1) is 0 Å². The third kappa shape index (κ3) is 3.32.